The van der Waals surface area contributed by atoms with Gasteiger partial charge in [0.05, 0.1) is 45.3 Å². The number of aryl methyl sites for hydroxylation is 1. The second kappa shape index (κ2) is 10.3. The van der Waals surface area contributed by atoms with E-state index in [1.54, 1.807) is 6.92 Å². The molecule has 1 aromatic heterocycles. The molecule has 162 valence electrons. The fraction of sp³-hybridized carbons (Fsp3) is 0.400. The van der Waals surface area contributed by atoms with Gasteiger partial charge in [0.25, 0.3) is 0 Å². The Balaban J connectivity index is 2.12. The predicted molar refractivity (Wildman–Crippen MR) is 106 cm³/mol. The number of aromatic amines is 1. The molecule has 0 saturated heterocycles. The summed E-state index contributed by atoms with van der Waals surface area (Å²) in [4.78, 5) is 44.6. The number of Topliss-reactive ketones (excluding diaryl/α,β-unsaturated/α-hetero) is 1. The Labute approximate surface area is 173 Å². The Kier molecular flexibility index (Phi) is 7.79. The number of aromatic nitrogens is 2. The van der Waals surface area contributed by atoms with Gasteiger partial charge in [0.1, 0.15) is 18.1 Å². The molecule has 0 aliphatic rings. The Hall–Kier alpha value is -3.56. The summed E-state index contributed by atoms with van der Waals surface area (Å²) in [5.41, 5.74) is 0.854. The smallest absolute Gasteiger partial charge is 0.323 e. The lowest BCUT2D eigenvalue weighted by atomic mass is 10.0. The van der Waals surface area contributed by atoms with Gasteiger partial charge in [-0.15, -0.1) is 0 Å². The molecular formula is C20H25N3O7. The summed E-state index contributed by atoms with van der Waals surface area (Å²) in [6.45, 7) is 1.33. The molecule has 0 aliphatic carbocycles. The molecule has 2 N–H and O–H groups in total. The fourth-order valence-corrected chi connectivity index (χ4v) is 2.91. The number of H-pyrrole nitrogens is 1. The molecule has 0 spiro atoms. The summed E-state index contributed by atoms with van der Waals surface area (Å²) >= 11 is 0. The highest BCUT2D eigenvalue weighted by molar-refractivity contribution is 6.01. The number of rotatable bonds is 11. The Morgan fingerprint density at radius 2 is 1.67 bits per heavy atom. The highest BCUT2D eigenvalue weighted by Gasteiger charge is 2.22. The first-order valence-corrected chi connectivity index (χ1v) is 9.12. The molecule has 2 rings (SSSR count). The summed E-state index contributed by atoms with van der Waals surface area (Å²) < 4.78 is 15.7. The van der Waals surface area contributed by atoms with E-state index < -0.39 is 18.4 Å². The lowest BCUT2D eigenvalue weighted by Gasteiger charge is -2.20. The molecule has 0 radical (unpaired) electrons. The van der Waals surface area contributed by atoms with Gasteiger partial charge in [-0.3, -0.25) is 14.4 Å². The molecule has 0 saturated carbocycles. The van der Waals surface area contributed by atoms with E-state index in [4.69, 9.17) is 19.3 Å². The topological polar surface area (TPSA) is 131 Å². The third-order valence-electron chi connectivity index (χ3n) is 4.37. The van der Waals surface area contributed by atoms with Gasteiger partial charge in [0, 0.05) is 18.9 Å². The number of aliphatic carboxylic acids is 1. The van der Waals surface area contributed by atoms with Crippen molar-refractivity contribution in [3.8, 4) is 17.2 Å². The number of carboxylic acid groups (broad SMARTS) is 1. The zero-order valence-corrected chi connectivity index (χ0v) is 17.4. The highest BCUT2D eigenvalue weighted by Crippen LogP contribution is 2.35. The number of imidazole rings is 1. The molecule has 0 atom stereocenters. The van der Waals surface area contributed by atoms with Crippen LogP contribution in [0.25, 0.3) is 0 Å². The number of benzene rings is 1. The van der Waals surface area contributed by atoms with E-state index in [0.717, 1.165) is 4.90 Å². The minimum absolute atomic E-state index is 0.0554. The van der Waals surface area contributed by atoms with Crippen molar-refractivity contribution < 1.29 is 33.7 Å². The SMILES string of the molecule is COc1cc(OC)c(C(=O)CCC(=O)N(CC(=O)O)Cc2cnc(C)[nH]2)cc1OC. The van der Waals surface area contributed by atoms with Gasteiger partial charge in [0.15, 0.2) is 17.3 Å². The number of ether oxygens (including phenoxy) is 3. The fourth-order valence-electron chi connectivity index (χ4n) is 2.91. The van der Waals surface area contributed by atoms with Crippen LogP contribution in [0.15, 0.2) is 18.3 Å². The number of methoxy groups -OCH3 is 3. The third-order valence-corrected chi connectivity index (χ3v) is 4.37. The summed E-state index contributed by atoms with van der Waals surface area (Å²) in [6.07, 6.45) is 1.26. The maximum Gasteiger partial charge on any atom is 0.323 e. The largest absolute Gasteiger partial charge is 0.496 e. The van der Waals surface area contributed by atoms with Crippen LogP contribution in [0.4, 0.5) is 0 Å². The zero-order valence-electron chi connectivity index (χ0n) is 17.4. The van der Waals surface area contributed by atoms with Crippen molar-refractivity contribution in [2.75, 3.05) is 27.9 Å². The van der Waals surface area contributed by atoms with Crippen LogP contribution in [0.1, 0.15) is 34.7 Å². The first-order valence-electron chi connectivity index (χ1n) is 9.12. The lowest BCUT2D eigenvalue weighted by Crippen LogP contribution is -2.35. The molecule has 0 aliphatic heterocycles. The molecule has 0 fully saturated rings. The van der Waals surface area contributed by atoms with Crippen LogP contribution in [0, 0.1) is 6.92 Å². The Bertz CT molecular complexity index is 923. The molecule has 1 amide bonds. The lowest BCUT2D eigenvalue weighted by molar-refractivity contribution is -0.144. The minimum Gasteiger partial charge on any atom is -0.496 e. The van der Waals surface area contributed by atoms with E-state index in [1.165, 1.54) is 39.7 Å². The standard InChI is InChI=1S/C20H25N3O7/c1-12-21-9-13(22-12)10-23(11-20(26)27)19(25)6-5-15(24)14-7-17(29-3)18(30-4)8-16(14)28-2/h7-9H,5-6,10-11H2,1-4H3,(H,21,22)(H,26,27). The Morgan fingerprint density at radius 3 is 2.20 bits per heavy atom. The summed E-state index contributed by atoms with van der Waals surface area (Å²) in [5, 5.41) is 9.12. The molecule has 30 heavy (non-hydrogen) atoms. The number of hydrogen-bond acceptors (Lipinski definition) is 7. The van der Waals surface area contributed by atoms with Gasteiger partial charge in [-0.2, -0.15) is 0 Å². The third kappa shape index (κ3) is 5.72. The number of hydrogen-bond donors (Lipinski definition) is 2. The van der Waals surface area contributed by atoms with Gasteiger partial charge in [-0.25, -0.2) is 4.98 Å². The maximum absolute atomic E-state index is 12.7. The first kappa shape index (κ1) is 22.7. The maximum atomic E-state index is 12.7. The van der Waals surface area contributed by atoms with Gasteiger partial charge < -0.3 is 29.2 Å². The molecule has 10 nitrogen and oxygen atoms in total. The molecule has 0 bridgehead atoms. The van der Waals surface area contributed by atoms with Gasteiger partial charge in [-0.1, -0.05) is 0 Å². The molecule has 0 unspecified atom stereocenters. The van der Waals surface area contributed by atoms with Crippen molar-refractivity contribution >= 4 is 17.7 Å². The van der Waals surface area contributed by atoms with Crippen molar-refractivity contribution in [1.82, 2.24) is 14.9 Å². The quantitative estimate of drug-likeness (QED) is 0.527. The number of carboxylic acids is 1. The molecule has 1 heterocycles. The highest BCUT2D eigenvalue weighted by atomic mass is 16.5. The van der Waals surface area contributed by atoms with Crippen molar-refractivity contribution in [3.63, 3.8) is 0 Å². The number of carbonyl (C=O) groups is 3. The van der Waals surface area contributed by atoms with Crippen LogP contribution < -0.4 is 14.2 Å². The van der Waals surface area contributed by atoms with Crippen LogP contribution in [0.3, 0.4) is 0 Å². The molecule has 1 aromatic carbocycles. The second-order valence-electron chi connectivity index (χ2n) is 6.47. The van der Waals surface area contributed by atoms with E-state index in [0.29, 0.717) is 28.8 Å². The summed E-state index contributed by atoms with van der Waals surface area (Å²) in [6, 6.07) is 3.03. The van der Waals surface area contributed by atoms with E-state index in [1.807, 2.05) is 0 Å². The Morgan fingerprint density at radius 1 is 1.03 bits per heavy atom. The number of nitrogens with zero attached hydrogens (tertiary/aromatic N) is 2. The van der Waals surface area contributed by atoms with Gasteiger partial charge in [-0.05, 0) is 13.0 Å². The number of nitrogens with one attached hydrogen (secondary N) is 1. The van der Waals surface area contributed by atoms with Crippen LogP contribution in [0.2, 0.25) is 0 Å². The van der Waals surface area contributed by atoms with E-state index in [2.05, 4.69) is 9.97 Å². The number of carbonyl (C=O) groups excluding carboxylic acids is 2. The average Bonchev–Trinajstić information content (AvgIpc) is 3.14. The van der Waals surface area contributed by atoms with E-state index in [9.17, 15) is 14.4 Å². The molecule has 10 heteroatoms. The normalized spacial score (nSPS) is 10.4. The molecular weight excluding hydrogens is 394 g/mol. The minimum atomic E-state index is -1.15. The molecule has 2 aromatic rings. The zero-order chi connectivity index (χ0) is 22.3. The second-order valence-corrected chi connectivity index (χ2v) is 6.47. The monoisotopic (exact) mass is 419 g/mol. The van der Waals surface area contributed by atoms with Crippen LogP contribution >= 0.6 is 0 Å². The van der Waals surface area contributed by atoms with E-state index >= 15 is 0 Å². The van der Waals surface area contributed by atoms with Crippen LogP contribution in [-0.4, -0.2) is 65.5 Å². The van der Waals surface area contributed by atoms with Gasteiger partial charge in [0.2, 0.25) is 5.91 Å². The van der Waals surface area contributed by atoms with E-state index in [-0.39, 0.29) is 30.7 Å². The number of ketones is 1. The summed E-state index contributed by atoms with van der Waals surface area (Å²) in [5.74, 6) is -0.234. The summed E-state index contributed by atoms with van der Waals surface area (Å²) in [7, 11) is 4.34. The van der Waals surface area contributed by atoms with Crippen molar-refractivity contribution in [2.45, 2.75) is 26.3 Å². The number of amides is 1. The predicted octanol–water partition coefficient (Wildman–Crippen LogP) is 1.82. The van der Waals surface area contributed by atoms with Crippen LogP contribution in [0.5, 0.6) is 17.2 Å². The first-order chi connectivity index (χ1) is 14.3. The van der Waals surface area contributed by atoms with Crippen molar-refractivity contribution in [2.24, 2.45) is 0 Å². The van der Waals surface area contributed by atoms with Crippen LogP contribution in [-0.2, 0) is 16.1 Å². The van der Waals surface area contributed by atoms with Crippen molar-refractivity contribution in [3.05, 3.63) is 35.4 Å². The van der Waals surface area contributed by atoms with Gasteiger partial charge >= 0.3 is 5.97 Å². The average molecular weight is 419 g/mol. The van der Waals surface area contributed by atoms with Crippen molar-refractivity contribution in [1.29, 1.82) is 0 Å².